The van der Waals surface area contributed by atoms with E-state index in [-0.39, 0.29) is 0 Å². The SMILES string of the molecule is CCCNC(c1ccc(Br)s1)C1CC(C)CC(C)C1. The van der Waals surface area contributed by atoms with Gasteiger partial charge in [0.05, 0.1) is 3.79 Å². The first kappa shape index (κ1) is 15.5. The predicted molar refractivity (Wildman–Crippen MR) is 88.7 cm³/mol. The number of halogens is 1. The predicted octanol–water partition coefficient (Wildman–Crippen LogP) is 5.62. The summed E-state index contributed by atoms with van der Waals surface area (Å²) in [5.74, 6) is 2.56. The van der Waals surface area contributed by atoms with E-state index in [1.165, 1.54) is 34.3 Å². The van der Waals surface area contributed by atoms with Gasteiger partial charge in [-0.1, -0.05) is 20.8 Å². The summed E-state index contributed by atoms with van der Waals surface area (Å²) in [5, 5.41) is 3.80. The standard InChI is InChI=1S/C16H26BrNS/c1-4-7-18-16(14-5-6-15(17)19-14)13-9-11(2)8-12(3)10-13/h5-6,11-13,16,18H,4,7-10H2,1-3H3. The Labute approximate surface area is 130 Å². The highest BCUT2D eigenvalue weighted by atomic mass is 79.9. The molecule has 1 heterocycles. The van der Waals surface area contributed by atoms with Gasteiger partial charge < -0.3 is 5.32 Å². The Morgan fingerprint density at radius 2 is 1.95 bits per heavy atom. The molecule has 0 amide bonds. The molecule has 19 heavy (non-hydrogen) atoms. The molecule has 3 heteroatoms. The Balaban J connectivity index is 2.12. The second kappa shape index (κ2) is 7.24. The van der Waals surface area contributed by atoms with E-state index in [4.69, 9.17) is 0 Å². The average molecular weight is 344 g/mol. The molecule has 3 atom stereocenters. The van der Waals surface area contributed by atoms with Crippen molar-refractivity contribution in [3.63, 3.8) is 0 Å². The van der Waals surface area contributed by atoms with Crippen molar-refractivity contribution in [1.29, 1.82) is 0 Å². The smallest absolute Gasteiger partial charge is 0.0701 e. The molecule has 1 nitrogen and oxygen atoms in total. The Morgan fingerprint density at radius 1 is 1.26 bits per heavy atom. The van der Waals surface area contributed by atoms with Crippen LogP contribution in [0.1, 0.15) is 57.4 Å². The zero-order valence-corrected chi connectivity index (χ0v) is 14.7. The zero-order valence-electron chi connectivity index (χ0n) is 12.3. The molecule has 1 fully saturated rings. The summed E-state index contributed by atoms with van der Waals surface area (Å²) in [6.07, 6.45) is 5.37. The Hall–Kier alpha value is 0.140. The van der Waals surface area contributed by atoms with Crippen molar-refractivity contribution in [3.8, 4) is 0 Å². The molecule has 2 rings (SSSR count). The molecule has 0 aromatic carbocycles. The monoisotopic (exact) mass is 343 g/mol. The van der Waals surface area contributed by atoms with Crippen molar-refractivity contribution >= 4 is 27.3 Å². The van der Waals surface area contributed by atoms with Crippen molar-refractivity contribution in [2.75, 3.05) is 6.54 Å². The topological polar surface area (TPSA) is 12.0 Å². The Morgan fingerprint density at radius 3 is 2.47 bits per heavy atom. The molecule has 1 N–H and O–H groups in total. The summed E-state index contributed by atoms with van der Waals surface area (Å²) < 4.78 is 1.25. The number of nitrogens with one attached hydrogen (secondary N) is 1. The third-order valence-corrected chi connectivity index (χ3v) is 5.91. The van der Waals surface area contributed by atoms with E-state index in [9.17, 15) is 0 Å². The summed E-state index contributed by atoms with van der Waals surface area (Å²) in [6.45, 7) is 8.22. The van der Waals surface area contributed by atoms with E-state index in [1.807, 2.05) is 11.3 Å². The highest BCUT2D eigenvalue weighted by Gasteiger charge is 2.31. The van der Waals surface area contributed by atoms with Crippen molar-refractivity contribution in [3.05, 3.63) is 20.8 Å². The van der Waals surface area contributed by atoms with Crippen LogP contribution in [0.15, 0.2) is 15.9 Å². The number of hydrogen-bond donors (Lipinski definition) is 1. The molecular weight excluding hydrogens is 318 g/mol. The first-order valence-electron chi connectivity index (χ1n) is 7.58. The van der Waals surface area contributed by atoms with Gasteiger partial charge in [-0.25, -0.2) is 0 Å². The van der Waals surface area contributed by atoms with Crippen molar-refractivity contribution in [2.45, 2.75) is 52.5 Å². The van der Waals surface area contributed by atoms with Gasteiger partial charge >= 0.3 is 0 Å². The molecule has 0 aliphatic heterocycles. The number of hydrogen-bond acceptors (Lipinski definition) is 2. The Bertz CT molecular complexity index is 380. The third kappa shape index (κ3) is 4.30. The molecule has 3 unspecified atom stereocenters. The highest BCUT2D eigenvalue weighted by Crippen LogP contribution is 2.42. The lowest BCUT2D eigenvalue weighted by Gasteiger charge is -2.36. The molecule has 1 aromatic heterocycles. The summed E-state index contributed by atoms with van der Waals surface area (Å²) in [6, 6.07) is 5.05. The van der Waals surface area contributed by atoms with E-state index in [0.717, 1.165) is 24.3 Å². The van der Waals surface area contributed by atoms with Gasteiger partial charge in [0.1, 0.15) is 0 Å². The lowest BCUT2D eigenvalue weighted by molar-refractivity contribution is 0.178. The molecule has 0 spiro atoms. The van der Waals surface area contributed by atoms with Crippen LogP contribution in [0.25, 0.3) is 0 Å². The molecule has 0 bridgehead atoms. The van der Waals surface area contributed by atoms with Crippen LogP contribution in [-0.2, 0) is 0 Å². The van der Waals surface area contributed by atoms with Gasteiger partial charge in [-0.05, 0) is 78.0 Å². The van der Waals surface area contributed by atoms with Gasteiger partial charge in [-0.3, -0.25) is 0 Å². The minimum absolute atomic E-state index is 0.557. The van der Waals surface area contributed by atoms with Crippen molar-refractivity contribution in [1.82, 2.24) is 5.32 Å². The molecule has 0 radical (unpaired) electrons. The van der Waals surface area contributed by atoms with Crippen LogP contribution in [0.5, 0.6) is 0 Å². The first-order valence-corrected chi connectivity index (χ1v) is 9.19. The van der Waals surface area contributed by atoms with Gasteiger partial charge in [0.25, 0.3) is 0 Å². The first-order chi connectivity index (χ1) is 9.10. The minimum atomic E-state index is 0.557. The van der Waals surface area contributed by atoms with Crippen LogP contribution >= 0.6 is 27.3 Å². The summed E-state index contributed by atoms with van der Waals surface area (Å²) in [5.41, 5.74) is 0. The van der Waals surface area contributed by atoms with Gasteiger partial charge in [-0.2, -0.15) is 0 Å². The molecule has 1 saturated carbocycles. The van der Waals surface area contributed by atoms with E-state index in [2.05, 4.69) is 54.2 Å². The van der Waals surface area contributed by atoms with Crippen LogP contribution in [0.2, 0.25) is 0 Å². The number of rotatable bonds is 5. The van der Waals surface area contributed by atoms with Crippen LogP contribution < -0.4 is 5.32 Å². The fourth-order valence-corrected chi connectivity index (χ4v) is 5.17. The zero-order chi connectivity index (χ0) is 13.8. The molecule has 1 aromatic rings. The normalized spacial score (nSPS) is 29.4. The van der Waals surface area contributed by atoms with E-state index in [0.29, 0.717) is 6.04 Å². The third-order valence-electron chi connectivity index (χ3n) is 4.20. The Kier molecular flexibility index (Phi) is 5.91. The maximum absolute atomic E-state index is 3.80. The van der Waals surface area contributed by atoms with E-state index < -0.39 is 0 Å². The second-order valence-electron chi connectivity index (χ2n) is 6.25. The maximum Gasteiger partial charge on any atom is 0.0701 e. The van der Waals surface area contributed by atoms with Crippen molar-refractivity contribution < 1.29 is 0 Å². The van der Waals surface area contributed by atoms with Crippen LogP contribution in [0.4, 0.5) is 0 Å². The molecule has 1 aliphatic rings. The van der Waals surface area contributed by atoms with E-state index >= 15 is 0 Å². The van der Waals surface area contributed by atoms with Crippen LogP contribution in [-0.4, -0.2) is 6.54 Å². The summed E-state index contributed by atoms with van der Waals surface area (Å²) in [4.78, 5) is 1.51. The van der Waals surface area contributed by atoms with Crippen LogP contribution in [0, 0.1) is 17.8 Å². The largest absolute Gasteiger partial charge is 0.309 e. The van der Waals surface area contributed by atoms with Gasteiger partial charge in [0.2, 0.25) is 0 Å². The highest BCUT2D eigenvalue weighted by molar-refractivity contribution is 9.11. The second-order valence-corrected chi connectivity index (χ2v) is 8.75. The maximum atomic E-state index is 3.80. The minimum Gasteiger partial charge on any atom is -0.309 e. The fraction of sp³-hybridized carbons (Fsp3) is 0.750. The summed E-state index contributed by atoms with van der Waals surface area (Å²) in [7, 11) is 0. The van der Waals surface area contributed by atoms with Crippen molar-refractivity contribution in [2.24, 2.45) is 17.8 Å². The molecular formula is C16H26BrNS. The molecule has 0 saturated heterocycles. The molecule has 108 valence electrons. The van der Waals surface area contributed by atoms with E-state index in [1.54, 1.807) is 0 Å². The summed E-state index contributed by atoms with van der Waals surface area (Å²) >= 11 is 5.50. The fourth-order valence-electron chi connectivity index (χ4n) is 3.58. The number of thiophene rings is 1. The van der Waals surface area contributed by atoms with Crippen LogP contribution in [0.3, 0.4) is 0 Å². The van der Waals surface area contributed by atoms with Gasteiger partial charge in [0, 0.05) is 10.9 Å². The molecule has 1 aliphatic carbocycles. The quantitative estimate of drug-likeness (QED) is 0.731. The lowest BCUT2D eigenvalue weighted by atomic mass is 9.73. The average Bonchev–Trinajstić information content (AvgIpc) is 2.75. The van der Waals surface area contributed by atoms with Gasteiger partial charge in [0.15, 0.2) is 0 Å². The van der Waals surface area contributed by atoms with Gasteiger partial charge in [-0.15, -0.1) is 11.3 Å². The lowest BCUT2D eigenvalue weighted by Crippen LogP contribution is -2.33.